The molecule has 0 aromatic carbocycles. The second-order valence-electron chi connectivity index (χ2n) is 4.95. The van der Waals surface area contributed by atoms with E-state index in [0.29, 0.717) is 17.5 Å². The van der Waals surface area contributed by atoms with Crippen molar-refractivity contribution in [2.45, 2.75) is 32.2 Å². The Kier molecular flexibility index (Phi) is 2.66. The smallest absolute Gasteiger partial charge is 0.316 e. The van der Waals surface area contributed by atoms with Gasteiger partial charge in [0.1, 0.15) is 5.82 Å². The molecule has 18 heavy (non-hydrogen) atoms. The van der Waals surface area contributed by atoms with Gasteiger partial charge in [-0.15, -0.1) is 0 Å². The molecule has 6 heteroatoms. The van der Waals surface area contributed by atoms with Crippen LogP contribution in [0.1, 0.15) is 24.4 Å². The van der Waals surface area contributed by atoms with Gasteiger partial charge >= 0.3 is 5.69 Å². The predicted octanol–water partition coefficient (Wildman–Crippen LogP) is 0.267. The minimum atomic E-state index is -0.228. The highest BCUT2D eigenvalue weighted by molar-refractivity contribution is 5.38. The first-order chi connectivity index (χ1) is 8.69. The van der Waals surface area contributed by atoms with Gasteiger partial charge < -0.3 is 5.32 Å². The Morgan fingerprint density at radius 1 is 1.61 bits per heavy atom. The molecular weight excluding hydrogens is 230 g/mol. The number of aryl methyl sites for hydroxylation is 1. The number of hydrogen-bond acceptors (Lipinski definition) is 4. The second kappa shape index (κ2) is 4.20. The van der Waals surface area contributed by atoms with Crippen LogP contribution in [-0.4, -0.2) is 32.7 Å². The fourth-order valence-corrected chi connectivity index (χ4v) is 2.49. The van der Waals surface area contributed by atoms with Crippen molar-refractivity contribution in [1.29, 1.82) is 0 Å². The Bertz CT molecular complexity index is 625. The third-order valence-corrected chi connectivity index (χ3v) is 3.61. The van der Waals surface area contributed by atoms with Crippen molar-refractivity contribution in [3.05, 3.63) is 28.1 Å². The number of nitrogens with zero attached hydrogens (tertiary/aromatic N) is 3. The van der Waals surface area contributed by atoms with E-state index in [2.05, 4.69) is 20.5 Å². The molecule has 3 rings (SSSR count). The van der Waals surface area contributed by atoms with E-state index < -0.39 is 0 Å². The molecular formula is C12H17N5O. The molecule has 2 N–H and O–H groups in total. The number of fused-ring (bicyclic) bond motifs is 1. The Hall–Kier alpha value is -1.69. The third-order valence-electron chi connectivity index (χ3n) is 3.61. The number of aromatic nitrogens is 4. The van der Waals surface area contributed by atoms with Crippen LogP contribution in [0.3, 0.4) is 0 Å². The summed E-state index contributed by atoms with van der Waals surface area (Å²) in [6.45, 7) is 1.83. The van der Waals surface area contributed by atoms with Crippen molar-refractivity contribution < 1.29 is 0 Å². The van der Waals surface area contributed by atoms with Crippen LogP contribution in [0.4, 0.5) is 0 Å². The molecule has 0 saturated heterocycles. The van der Waals surface area contributed by atoms with Gasteiger partial charge in [0.25, 0.3) is 0 Å². The summed E-state index contributed by atoms with van der Waals surface area (Å²) in [5, 5.41) is 9.80. The summed E-state index contributed by atoms with van der Waals surface area (Å²) in [5.41, 5.74) is 1.41. The van der Waals surface area contributed by atoms with Crippen molar-refractivity contribution in [2.75, 3.05) is 7.05 Å². The minimum absolute atomic E-state index is 0.228. The summed E-state index contributed by atoms with van der Waals surface area (Å²) in [6.07, 6.45) is 3.49. The van der Waals surface area contributed by atoms with Crippen molar-refractivity contribution in [2.24, 2.45) is 5.92 Å². The van der Waals surface area contributed by atoms with E-state index in [9.17, 15) is 4.79 Å². The van der Waals surface area contributed by atoms with Crippen LogP contribution in [0.15, 0.2) is 10.9 Å². The van der Waals surface area contributed by atoms with Gasteiger partial charge in [-0.25, -0.2) is 19.3 Å². The number of likely N-dealkylation sites (N-methyl/N-ethyl adjacent to an activating group) is 1. The molecule has 1 aliphatic rings. The first-order valence-electron chi connectivity index (χ1n) is 6.30. The molecule has 1 atom stereocenters. The maximum absolute atomic E-state index is 11.5. The zero-order valence-electron chi connectivity index (χ0n) is 10.6. The average molecular weight is 247 g/mol. The average Bonchev–Trinajstić information content (AvgIpc) is 3.11. The fraction of sp³-hybridized carbons (Fsp3) is 0.583. The number of H-pyrrole nitrogens is 1. The monoisotopic (exact) mass is 247 g/mol. The summed E-state index contributed by atoms with van der Waals surface area (Å²) in [4.78, 5) is 16.0. The predicted molar refractivity (Wildman–Crippen MR) is 67.6 cm³/mol. The van der Waals surface area contributed by atoms with Crippen molar-refractivity contribution in [3.63, 3.8) is 0 Å². The number of aromatic amines is 1. The molecule has 1 unspecified atom stereocenters. The molecule has 1 aliphatic carbocycles. The van der Waals surface area contributed by atoms with Crippen LogP contribution >= 0.6 is 0 Å². The summed E-state index contributed by atoms with van der Waals surface area (Å²) < 4.78 is 1.50. The molecule has 96 valence electrons. The topological polar surface area (TPSA) is 75.1 Å². The summed E-state index contributed by atoms with van der Waals surface area (Å²) in [7, 11) is 1.99. The van der Waals surface area contributed by atoms with Crippen LogP contribution in [0.5, 0.6) is 0 Å². The van der Waals surface area contributed by atoms with E-state index in [1.807, 2.05) is 20.0 Å². The molecule has 2 aromatic rings. The van der Waals surface area contributed by atoms with E-state index in [4.69, 9.17) is 0 Å². The Labute approximate surface area is 104 Å². The fourth-order valence-electron chi connectivity index (χ4n) is 2.49. The quantitative estimate of drug-likeness (QED) is 0.813. The maximum atomic E-state index is 11.5. The van der Waals surface area contributed by atoms with E-state index in [-0.39, 0.29) is 5.69 Å². The van der Waals surface area contributed by atoms with Crippen LogP contribution in [0.25, 0.3) is 5.65 Å². The summed E-state index contributed by atoms with van der Waals surface area (Å²) in [5.74, 6) is 1.46. The van der Waals surface area contributed by atoms with E-state index >= 15 is 0 Å². The number of rotatable bonds is 4. The van der Waals surface area contributed by atoms with Gasteiger partial charge in [0.2, 0.25) is 0 Å². The van der Waals surface area contributed by atoms with Crippen LogP contribution in [-0.2, 0) is 6.42 Å². The first-order valence-corrected chi connectivity index (χ1v) is 6.30. The Morgan fingerprint density at radius 2 is 2.39 bits per heavy atom. The van der Waals surface area contributed by atoms with Gasteiger partial charge in [-0.05, 0) is 32.7 Å². The lowest BCUT2D eigenvalue weighted by atomic mass is 10.1. The van der Waals surface area contributed by atoms with Gasteiger partial charge in [-0.3, -0.25) is 0 Å². The van der Waals surface area contributed by atoms with Crippen LogP contribution < -0.4 is 11.0 Å². The standard InChI is InChI=1S/C12H17N5O/c1-7-14-9(5-10(13-2)8-3-4-8)6-11-15-16-12(18)17(7)11/h6,8,10,13H,3-5H2,1-2H3,(H,16,18). The maximum Gasteiger partial charge on any atom is 0.349 e. The molecule has 1 fully saturated rings. The van der Waals surface area contributed by atoms with Gasteiger partial charge in [0.05, 0.1) is 0 Å². The largest absolute Gasteiger partial charge is 0.349 e. The third kappa shape index (κ3) is 1.92. The Morgan fingerprint density at radius 3 is 3.06 bits per heavy atom. The molecule has 0 amide bonds. The molecule has 0 spiro atoms. The normalized spacial score (nSPS) is 17.2. The Balaban J connectivity index is 1.94. The highest BCUT2D eigenvalue weighted by Crippen LogP contribution is 2.33. The summed E-state index contributed by atoms with van der Waals surface area (Å²) >= 11 is 0. The highest BCUT2D eigenvalue weighted by Gasteiger charge is 2.30. The lowest BCUT2D eigenvalue weighted by Gasteiger charge is -2.14. The van der Waals surface area contributed by atoms with E-state index in [1.54, 1.807) is 0 Å². The second-order valence-corrected chi connectivity index (χ2v) is 4.95. The molecule has 2 aromatic heterocycles. The minimum Gasteiger partial charge on any atom is -0.316 e. The molecule has 0 aliphatic heterocycles. The van der Waals surface area contributed by atoms with Gasteiger partial charge in [0, 0.05) is 24.2 Å². The molecule has 1 saturated carbocycles. The van der Waals surface area contributed by atoms with Gasteiger partial charge in [-0.2, -0.15) is 5.10 Å². The highest BCUT2D eigenvalue weighted by atomic mass is 16.1. The zero-order valence-corrected chi connectivity index (χ0v) is 10.6. The van der Waals surface area contributed by atoms with E-state index in [1.165, 1.54) is 17.2 Å². The van der Waals surface area contributed by atoms with Gasteiger partial charge in [0.15, 0.2) is 5.65 Å². The number of hydrogen-bond donors (Lipinski definition) is 2. The molecule has 2 heterocycles. The van der Waals surface area contributed by atoms with E-state index in [0.717, 1.165) is 18.0 Å². The lowest BCUT2D eigenvalue weighted by molar-refractivity contribution is 0.495. The lowest BCUT2D eigenvalue weighted by Crippen LogP contribution is -2.30. The van der Waals surface area contributed by atoms with Crippen molar-refractivity contribution in [1.82, 2.24) is 24.9 Å². The SMILES string of the molecule is CNC(Cc1cc2n[nH]c(=O)n2c(C)n1)C1CC1. The van der Waals surface area contributed by atoms with Gasteiger partial charge in [-0.1, -0.05) is 0 Å². The van der Waals surface area contributed by atoms with Crippen LogP contribution in [0.2, 0.25) is 0 Å². The van der Waals surface area contributed by atoms with Crippen LogP contribution in [0, 0.1) is 12.8 Å². The zero-order chi connectivity index (χ0) is 12.7. The summed E-state index contributed by atoms with van der Waals surface area (Å²) in [6, 6.07) is 2.36. The molecule has 0 radical (unpaired) electrons. The molecule has 0 bridgehead atoms. The van der Waals surface area contributed by atoms with Crippen molar-refractivity contribution >= 4 is 5.65 Å². The van der Waals surface area contributed by atoms with Crippen molar-refractivity contribution in [3.8, 4) is 0 Å². The molecule has 6 nitrogen and oxygen atoms in total. The first kappa shape index (κ1) is 11.4. The number of nitrogens with one attached hydrogen (secondary N) is 2.